The van der Waals surface area contributed by atoms with Gasteiger partial charge in [-0.3, -0.25) is 4.79 Å². The minimum Gasteiger partial charge on any atom is -0.444 e. The van der Waals surface area contributed by atoms with Gasteiger partial charge in [-0.25, -0.2) is 19.1 Å². The van der Waals surface area contributed by atoms with E-state index in [1.165, 1.54) is 35.4 Å². The molecule has 0 spiro atoms. The molecule has 2 aromatic rings. The number of aryl methyl sites for hydroxylation is 2. The quantitative estimate of drug-likeness (QED) is 0.355. The number of benzene rings is 1. The number of thiazole rings is 1. The van der Waals surface area contributed by atoms with Crippen molar-refractivity contribution in [3.8, 4) is 0 Å². The third-order valence-corrected chi connectivity index (χ3v) is 10.1. The number of aromatic nitrogens is 1. The number of nitrogens with one attached hydrogen (secondary N) is 1. The van der Waals surface area contributed by atoms with Crippen LogP contribution in [0.4, 0.5) is 4.79 Å². The van der Waals surface area contributed by atoms with Crippen molar-refractivity contribution in [3.05, 3.63) is 45.1 Å². The topological polar surface area (TPSA) is 153 Å². The van der Waals surface area contributed by atoms with Gasteiger partial charge in [-0.05, 0) is 100 Å². The first kappa shape index (κ1) is 30.6. The second-order valence-corrected chi connectivity index (χ2v) is 14.7. The summed E-state index contributed by atoms with van der Waals surface area (Å²) in [5.74, 6) is -0.507. The number of hydrogen-bond acceptors (Lipinski definition) is 8. The zero-order valence-corrected chi connectivity index (χ0v) is 25.3. The fraction of sp³-hybridized carbons (Fsp3) is 0.607. The number of carbonyl (C=O) groups excluding carboxylic acids is 2. The molecule has 4 rings (SSSR count). The highest BCUT2D eigenvalue weighted by Gasteiger charge is 2.30. The second-order valence-electron chi connectivity index (χ2n) is 11.7. The number of nitrogens with zero attached hydrogens (tertiary/aromatic N) is 2. The Morgan fingerprint density at radius 2 is 1.80 bits per heavy atom. The van der Waals surface area contributed by atoms with E-state index in [0.29, 0.717) is 13.0 Å². The van der Waals surface area contributed by atoms with Gasteiger partial charge in [-0.2, -0.15) is 0 Å². The largest absolute Gasteiger partial charge is 0.444 e. The van der Waals surface area contributed by atoms with Gasteiger partial charge < -0.3 is 19.9 Å². The molecule has 0 bridgehead atoms. The summed E-state index contributed by atoms with van der Waals surface area (Å²) in [6, 6.07) is 2.30. The van der Waals surface area contributed by atoms with Gasteiger partial charge in [0.1, 0.15) is 20.4 Å². The summed E-state index contributed by atoms with van der Waals surface area (Å²) in [7, 11) is -3.52. The van der Waals surface area contributed by atoms with E-state index >= 15 is 0 Å². The van der Waals surface area contributed by atoms with Crippen LogP contribution in [0.15, 0.2) is 20.8 Å². The summed E-state index contributed by atoms with van der Waals surface area (Å²) < 4.78 is 28.1. The van der Waals surface area contributed by atoms with Crippen LogP contribution < -0.4 is 10.5 Å². The van der Waals surface area contributed by atoms with Crippen LogP contribution in [-0.2, 0) is 61.9 Å². The molecule has 2 unspecified atom stereocenters. The average molecular weight is 593 g/mol. The first-order valence-electron chi connectivity index (χ1n) is 13.7. The smallest absolute Gasteiger partial charge is 0.407 e. The van der Waals surface area contributed by atoms with Gasteiger partial charge in [0.25, 0.3) is 5.91 Å². The molecular weight excluding hydrogens is 552 g/mol. The van der Waals surface area contributed by atoms with Crippen molar-refractivity contribution < 1.29 is 28.4 Å². The SMILES string of the molecule is CC(C)(C)OC(=O)NCCCOCC(C)(O)c1ncc(S(N)(=O)=NC(=O)Cc2c3c(cc4c2CCC4)CCC3)s1. The van der Waals surface area contributed by atoms with E-state index in [1.54, 1.807) is 20.8 Å². The standard InChI is InChI=1S/C28H40N4O6S2/c1-27(2,3)38-26(34)30-12-7-13-37-17-28(4,35)25-31-16-24(39-25)40(29,36)32-23(33)15-22-20-10-5-8-18(20)14-19-9-6-11-21(19)22/h14,16,35H,5-13,15,17H2,1-4H3,(H,30,34)(H2,29,32,33,36). The Balaban J connectivity index is 1.33. The Morgan fingerprint density at radius 3 is 2.42 bits per heavy atom. The van der Waals surface area contributed by atoms with Crippen LogP contribution in [0.2, 0.25) is 0 Å². The fourth-order valence-electron chi connectivity index (χ4n) is 5.18. The van der Waals surface area contributed by atoms with E-state index in [9.17, 15) is 18.9 Å². The van der Waals surface area contributed by atoms with Crippen molar-refractivity contribution in [2.75, 3.05) is 19.8 Å². The van der Waals surface area contributed by atoms with E-state index in [4.69, 9.17) is 14.6 Å². The number of nitrogens with two attached hydrogens (primary N) is 1. The fourth-order valence-corrected chi connectivity index (χ4v) is 7.35. The predicted molar refractivity (Wildman–Crippen MR) is 154 cm³/mol. The van der Waals surface area contributed by atoms with Gasteiger partial charge in [-0.1, -0.05) is 6.07 Å². The molecule has 1 aromatic carbocycles. The molecule has 0 aliphatic heterocycles. The van der Waals surface area contributed by atoms with Crippen molar-refractivity contribution >= 4 is 33.3 Å². The Kier molecular flexibility index (Phi) is 9.35. The molecule has 2 amide bonds. The zero-order valence-electron chi connectivity index (χ0n) is 23.7. The maximum absolute atomic E-state index is 13.3. The average Bonchev–Trinajstić information content (AvgIpc) is 3.60. The monoisotopic (exact) mass is 592 g/mol. The molecule has 0 radical (unpaired) electrons. The molecule has 2 atom stereocenters. The van der Waals surface area contributed by atoms with Crippen LogP contribution in [0.25, 0.3) is 0 Å². The van der Waals surface area contributed by atoms with Crippen molar-refractivity contribution in [2.45, 2.75) is 94.5 Å². The highest BCUT2D eigenvalue weighted by Crippen LogP contribution is 2.36. The van der Waals surface area contributed by atoms with Gasteiger partial charge in [0.05, 0.1) is 19.2 Å². The molecule has 0 saturated heterocycles. The maximum atomic E-state index is 13.3. The van der Waals surface area contributed by atoms with E-state index in [1.807, 2.05) is 0 Å². The first-order valence-corrected chi connectivity index (χ1v) is 16.1. The number of hydrogen-bond donors (Lipinski definition) is 3. The van der Waals surface area contributed by atoms with Gasteiger partial charge in [-0.15, -0.1) is 15.7 Å². The number of amides is 2. The lowest BCUT2D eigenvalue weighted by molar-refractivity contribution is -0.117. The number of fused-ring (bicyclic) bond motifs is 2. The minimum absolute atomic E-state index is 0.0710. The van der Waals surface area contributed by atoms with Crippen molar-refractivity contribution in [3.63, 3.8) is 0 Å². The van der Waals surface area contributed by atoms with Crippen LogP contribution in [-0.4, -0.2) is 51.7 Å². The lowest BCUT2D eigenvalue weighted by Crippen LogP contribution is -2.33. The van der Waals surface area contributed by atoms with Crippen molar-refractivity contribution in [2.24, 2.45) is 9.50 Å². The van der Waals surface area contributed by atoms with E-state index in [0.717, 1.165) is 55.4 Å². The molecule has 0 fully saturated rings. The van der Waals surface area contributed by atoms with Crippen LogP contribution in [0.3, 0.4) is 0 Å². The van der Waals surface area contributed by atoms with Crippen LogP contribution in [0.1, 0.15) is 79.8 Å². The van der Waals surface area contributed by atoms with Crippen LogP contribution >= 0.6 is 11.3 Å². The molecule has 2 aliphatic carbocycles. The summed E-state index contributed by atoms with van der Waals surface area (Å²) in [6.45, 7) is 7.47. The van der Waals surface area contributed by atoms with Crippen molar-refractivity contribution in [1.82, 2.24) is 10.3 Å². The molecule has 40 heavy (non-hydrogen) atoms. The summed E-state index contributed by atoms with van der Waals surface area (Å²) >= 11 is 0.952. The van der Waals surface area contributed by atoms with Gasteiger partial charge in [0.15, 0.2) is 9.92 Å². The summed E-state index contributed by atoms with van der Waals surface area (Å²) in [5.41, 5.74) is 4.18. The third kappa shape index (κ3) is 7.67. The highest BCUT2D eigenvalue weighted by molar-refractivity contribution is 7.93. The predicted octanol–water partition coefficient (Wildman–Crippen LogP) is 3.73. The van der Waals surface area contributed by atoms with Crippen molar-refractivity contribution in [1.29, 1.82) is 0 Å². The van der Waals surface area contributed by atoms with E-state index in [-0.39, 0.29) is 28.9 Å². The molecular formula is C28H40N4O6S2. The number of aliphatic hydroxyl groups is 1. The van der Waals surface area contributed by atoms with E-state index < -0.39 is 33.1 Å². The number of rotatable bonds is 10. The van der Waals surface area contributed by atoms with Gasteiger partial charge in [0, 0.05) is 13.2 Å². The van der Waals surface area contributed by atoms with Gasteiger partial charge >= 0.3 is 6.09 Å². The van der Waals surface area contributed by atoms with Gasteiger partial charge in [0.2, 0.25) is 0 Å². The molecule has 1 heterocycles. The number of ether oxygens (including phenoxy) is 2. The molecule has 0 saturated carbocycles. The number of alkyl carbamates (subject to hydrolysis) is 1. The summed E-state index contributed by atoms with van der Waals surface area (Å²) in [4.78, 5) is 28.9. The Bertz CT molecular complexity index is 1350. The Morgan fingerprint density at radius 1 is 1.15 bits per heavy atom. The molecule has 1 aromatic heterocycles. The van der Waals surface area contributed by atoms with Crippen LogP contribution in [0, 0.1) is 0 Å². The zero-order chi connectivity index (χ0) is 29.1. The normalized spacial score (nSPS) is 17.4. The Hall–Kier alpha value is -2.38. The van der Waals surface area contributed by atoms with E-state index in [2.05, 4.69) is 20.7 Å². The highest BCUT2D eigenvalue weighted by atomic mass is 32.2. The molecule has 12 heteroatoms. The number of carbonyl (C=O) groups is 2. The Labute approximate surface area is 240 Å². The second kappa shape index (κ2) is 12.2. The lowest BCUT2D eigenvalue weighted by atomic mass is 9.92. The molecule has 2 aliphatic rings. The molecule has 220 valence electrons. The summed E-state index contributed by atoms with van der Waals surface area (Å²) in [5, 5.41) is 19.8. The minimum atomic E-state index is -3.52. The molecule has 10 nitrogen and oxygen atoms in total. The lowest BCUT2D eigenvalue weighted by Gasteiger charge is -2.21. The first-order chi connectivity index (χ1) is 18.7. The summed E-state index contributed by atoms with van der Waals surface area (Å²) in [6.07, 6.45) is 7.56. The molecule has 4 N–H and O–H groups in total. The van der Waals surface area contributed by atoms with Crippen LogP contribution in [0.5, 0.6) is 0 Å². The third-order valence-electron chi connectivity index (χ3n) is 6.91. The maximum Gasteiger partial charge on any atom is 0.407 e.